The maximum Gasteiger partial charge on any atom is 0.233 e. The minimum Gasteiger partial charge on any atom is -0.341 e. The number of pyridine rings is 1. The topological polar surface area (TPSA) is 72.1 Å². The smallest absolute Gasteiger partial charge is 0.233 e. The Morgan fingerprint density at radius 1 is 1.13 bits per heavy atom. The molecular weight excluding hydrogens is 292 g/mol. The second-order valence-electron chi connectivity index (χ2n) is 6.47. The Morgan fingerprint density at radius 2 is 1.87 bits per heavy atom. The summed E-state index contributed by atoms with van der Waals surface area (Å²) in [4.78, 5) is 22.8. The lowest BCUT2D eigenvalue weighted by Crippen LogP contribution is -2.51. The first-order chi connectivity index (χ1) is 11.3. The van der Waals surface area contributed by atoms with Gasteiger partial charge in [-0.1, -0.05) is 24.4 Å². The largest absolute Gasteiger partial charge is 0.341 e. The second-order valence-corrected chi connectivity index (χ2v) is 6.47. The van der Waals surface area contributed by atoms with Crippen LogP contribution in [0, 0.1) is 5.92 Å². The molecule has 2 aliphatic rings. The quantitative estimate of drug-likeness (QED) is 0.871. The van der Waals surface area contributed by atoms with Crippen LogP contribution in [0.1, 0.15) is 43.9 Å². The molecule has 2 fully saturated rings. The molecule has 0 bridgehead atoms. The van der Waals surface area contributed by atoms with E-state index in [2.05, 4.69) is 15.1 Å². The van der Waals surface area contributed by atoms with Gasteiger partial charge in [0.25, 0.3) is 0 Å². The van der Waals surface area contributed by atoms with E-state index in [0.717, 1.165) is 18.4 Å². The third kappa shape index (κ3) is 2.85. The van der Waals surface area contributed by atoms with Crippen molar-refractivity contribution < 1.29 is 9.32 Å². The Labute approximate surface area is 134 Å². The van der Waals surface area contributed by atoms with E-state index >= 15 is 0 Å². The highest BCUT2D eigenvalue weighted by molar-refractivity contribution is 5.80. The third-order valence-electron chi connectivity index (χ3n) is 4.88. The van der Waals surface area contributed by atoms with Gasteiger partial charge in [-0.05, 0) is 25.0 Å². The van der Waals surface area contributed by atoms with Crippen LogP contribution in [0.15, 0.2) is 29.0 Å². The van der Waals surface area contributed by atoms with Crippen molar-refractivity contribution in [3.05, 3.63) is 30.4 Å². The van der Waals surface area contributed by atoms with Gasteiger partial charge in [-0.3, -0.25) is 9.78 Å². The molecular formula is C17H20N4O2. The molecule has 1 amide bonds. The number of carbonyl (C=O) groups excluding carboxylic acids is 1. The Kier molecular flexibility index (Phi) is 3.81. The average molecular weight is 312 g/mol. The molecule has 0 aromatic carbocycles. The predicted molar refractivity (Wildman–Crippen MR) is 83.4 cm³/mol. The Hall–Kier alpha value is -2.24. The molecule has 4 rings (SSSR count). The number of hydrogen-bond acceptors (Lipinski definition) is 5. The van der Waals surface area contributed by atoms with E-state index in [1.807, 2.05) is 17.0 Å². The molecule has 2 aromatic heterocycles. The van der Waals surface area contributed by atoms with E-state index < -0.39 is 0 Å². The molecule has 1 aliphatic heterocycles. The minimum atomic E-state index is 0.172. The van der Waals surface area contributed by atoms with Gasteiger partial charge in [-0.2, -0.15) is 4.98 Å². The lowest BCUT2D eigenvalue weighted by atomic mass is 9.86. The highest BCUT2D eigenvalue weighted by Crippen LogP contribution is 2.32. The van der Waals surface area contributed by atoms with Crippen molar-refractivity contribution in [3.63, 3.8) is 0 Å². The first-order valence-corrected chi connectivity index (χ1v) is 8.34. The van der Waals surface area contributed by atoms with Crippen molar-refractivity contribution in [2.24, 2.45) is 5.92 Å². The summed E-state index contributed by atoms with van der Waals surface area (Å²) < 4.78 is 5.38. The summed E-state index contributed by atoms with van der Waals surface area (Å²) in [5, 5.41) is 4.03. The summed E-state index contributed by atoms with van der Waals surface area (Å²) in [7, 11) is 0. The lowest BCUT2D eigenvalue weighted by Gasteiger charge is -2.39. The monoisotopic (exact) mass is 312 g/mol. The molecule has 3 heterocycles. The maximum atomic E-state index is 12.4. The zero-order valence-electron chi connectivity index (χ0n) is 13.0. The minimum absolute atomic E-state index is 0.172. The first-order valence-electron chi connectivity index (χ1n) is 8.34. The first kappa shape index (κ1) is 14.4. The van der Waals surface area contributed by atoms with Gasteiger partial charge in [-0.25, -0.2) is 0 Å². The highest BCUT2D eigenvalue weighted by atomic mass is 16.5. The third-order valence-corrected chi connectivity index (χ3v) is 4.88. The summed E-state index contributed by atoms with van der Waals surface area (Å²) in [6.07, 6.45) is 9.16. The molecule has 1 saturated heterocycles. The number of aromatic nitrogens is 3. The normalized spacial score (nSPS) is 19.6. The summed E-state index contributed by atoms with van der Waals surface area (Å²) in [5.74, 6) is 1.93. The van der Waals surface area contributed by atoms with E-state index in [1.165, 1.54) is 19.3 Å². The molecule has 120 valence electrons. The van der Waals surface area contributed by atoms with Crippen molar-refractivity contribution in [2.75, 3.05) is 13.1 Å². The van der Waals surface area contributed by atoms with Gasteiger partial charge >= 0.3 is 0 Å². The van der Waals surface area contributed by atoms with Crippen molar-refractivity contribution in [3.8, 4) is 11.4 Å². The van der Waals surface area contributed by atoms with Gasteiger partial charge in [0, 0.05) is 37.0 Å². The summed E-state index contributed by atoms with van der Waals surface area (Å²) in [6, 6.07) is 3.71. The molecule has 23 heavy (non-hydrogen) atoms. The Morgan fingerprint density at radius 3 is 2.61 bits per heavy atom. The van der Waals surface area contributed by atoms with Crippen LogP contribution in [0.3, 0.4) is 0 Å². The number of nitrogens with zero attached hydrogens (tertiary/aromatic N) is 4. The van der Waals surface area contributed by atoms with Crippen LogP contribution in [-0.2, 0) is 4.79 Å². The molecule has 0 unspecified atom stereocenters. The van der Waals surface area contributed by atoms with Gasteiger partial charge in [0.05, 0.1) is 5.92 Å². The fourth-order valence-electron chi connectivity index (χ4n) is 3.44. The van der Waals surface area contributed by atoms with Gasteiger partial charge < -0.3 is 9.42 Å². The summed E-state index contributed by atoms with van der Waals surface area (Å²) >= 11 is 0. The molecule has 1 aliphatic carbocycles. The van der Waals surface area contributed by atoms with Crippen molar-refractivity contribution in [1.29, 1.82) is 0 Å². The lowest BCUT2D eigenvalue weighted by molar-refractivity contribution is -0.141. The Bertz CT molecular complexity index is 673. The highest BCUT2D eigenvalue weighted by Gasteiger charge is 2.38. The number of likely N-dealkylation sites (tertiary alicyclic amines) is 1. The molecule has 2 aromatic rings. The van der Waals surface area contributed by atoms with E-state index in [1.54, 1.807) is 12.4 Å². The standard InChI is InChI=1S/C17H20N4O2/c22-17(13-4-2-1-3-5-13)21-10-14(11-21)16-19-15(20-23-16)12-6-8-18-9-7-12/h6-9,13-14H,1-5,10-11H2. The van der Waals surface area contributed by atoms with Crippen molar-refractivity contribution in [2.45, 2.75) is 38.0 Å². The molecule has 1 saturated carbocycles. The molecule has 6 heteroatoms. The summed E-state index contributed by atoms with van der Waals surface area (Å²) in [5.41, 5.74) is 0.893. The molecule has 0 atom stereocenters. The van der Waals surface area contributed by atoms with Gasteiger partial charge in [0.2, 0.25) is 17.6 Å². The number of rotatable bonds is 3. The Balaban J connectivity index is 1.37. The van der Waals surface area contributed by atoms with Gasteiger partial charge in [0.15, 0.2) is 0 Å². The van der Waals surface area contributed by atoms with Crippen LogP contribution in [0.25, 0.3) is 11.4 Å². The van der Waals surface area contributed by atoms with Crippen LogP contribution in [0.2, 0.25) is 0 Å². The number of hydrogen-bond donors (Lipinski definition) is 0. The van der Waals surface area contributed by atoms with Crippen LogP contribution >= 0.6 is 0 Å². The predicted octanol–water partition coefficient (Wildman–Crippen LogP) is 2.64. The molecule has 6 nitrogen and oxygen atoms in total. The number of carbonyl (C=O) groups is 1. The zero-order valence-corrected chi connectivity index (χ0v) is 13.0. The average Bonchev–Trinajstić information content (AvgIpc) is 3.05. The van der Waals surface area contributed by atoms with Crippen LogP contribution in [-0.4, -0.2) is 39.0 Å². The fraction of sp³-hybridized carbons (Fsp3) is 0.529. The van der Waals surface area contributed by atoms with E-state index in [-0.39, 0.29) is 11.8 Å². The van der Waals surface area contributed by atoms with Crippen LogP contribution in [0.5, 0.6) is 0 Å². The zero-order chi connectivity index (χ0) is 15.6. The number of amides is 1. The van der Waals surface area contributed by atoms with Crippen LogP contribution < -0.4 is 0 Å². The van der Waals surface area contributed by atoms with E-state index in [0.29, 0.717) is 30.7 Å². The van der Waals surface area contributed by atoms with Crippen LogP contribution in [0.4, 0.5) is 0 Å². The maximum absolute atomic E-state index is 12.4. The van der Waals surface area contributed by atoms with E-state index in [4.69, 9.17) is 4.52 Å². The van der Waals surface area contributed by atoms with E-state index in [9.17, 15) is 4.79 Å². The SMILES string of the molecule is O=C(C1CCCCC1)N1CC(c2nc(-c3ccncc3)no2)C1. The second kappa shape index (κ2) is 6.10. The molecule has 0 N–H and O–H groups in total. The molecule has 0 spiro atoms. The van der Waals surface area contributed by atoms with Gasteiger partial charge in [0.1, 0.15) is 0 Å². The molecule has 0 radical (unpaired) electrons. The fourth-order valence-corrected chi connectivity index (χ4v) is 3.44. The van der Waals surface area contributed by atoms with Crippen molar-refractivity contribution >= 4 is 5.91 Å². The van der Waals surface area contributed by atoms with Crippen molar-refractivity contribution in [1.82, 2.24) is 20.0 Å². The van der Waals surface area contributed by atoms with Gasteiger partial charge in [-0.15, -0.1) is 0 Å². The summed E-state index contributed by atoms with van der Waals surface area (Å²) in [6.45, 7) is 1.40.